The van der Waals surface area contributed by atoms with Gasteiger partial charge in [-0.2, -0.15) is 5.06 Å². The van der Waals surface area contributed by atoms with Crippen molar-refractivity contribution in [1.82, 2.24) is 5.06 Å². The summed E-state index contributed by atoms with van der Waals surface area (Å²) in [6.07, 6.45) is 0.812. The minimum atomic E-state index is -0.920. The first-order valence-corrected chi connectivity index (χ1v) is 7.77. The molecule has 0 aliphatic rings. The number of primary amides is 1. The molecular formula is C16H15ClN2O2S. The Morgan fingerprint density at radius 1 is 1.36 bits per heavy atom. The third-order valence-electron chi connectivity index (χ3n) is 2.95. The average Bonchev–Trinajstić information content (AvgIpc) is 2.94. The van der Waals surface area contributed by atoms with Gasteiger partial charge in [0.2, 0.25) is 0 Å². The fraction of sp³-hybridized carbons (Fsp3) is 0.188. The first kappa shape index (κ1) is 16.4. The molecule has 0 saturated heterocycles. The topological polar surface area (TPSA) is 66.6 Å². The van der Waals surface area contributed by atoms with E-state index in [1.165, 1.54) is 10.4 Å². The zero-order chi connectivity index (χ0) is 16.1. The summed E-state index contributed by atoms with van der Waals surface area (Å²) >= 11 is 7.44. The molecule has 6 heteroatoms. The van der Waals surface area contributed by atoms with E-state index in [0.29, 0.717) is 5.06 Å². The van der Waals surface area contributed by atoms with Gasteiger partial charge in [-0.15, -0.1) is 11.3 Å². The highest BCUT2D eigenvalue weighted by Crippen LogP contribution is 2.20. The molecule has 1 heterocycles. The second-order valence-corrected chi connectivity index (χ2v) is 6.30. The summed E-state index contributed by atoms with van der Waals surface area (Å²) in [4.78, 5) is 12.9. The lowest BCUT2D eigenvalue weighted by atomic mass is 10.1. The van der Waals surface area contributed by atoms with Crippen LogP contribution in [-0.4, -0.2) is 22.3 Å². The number of nitrogens with zero attached hydrogens (tertiary/aromatic N) is 1. The molecule has 114 valence electrons. The molecule has 3 N–H and O–H groups in total. The molecule has 22 heavy (non-hydrogen) atoms. The van der Waals surface area contributed by atoms with Crippen molar-refractivity contribution in [3.05, 3.63) is 56.7 Å². The van der Waals surface area contributed by atoms with Gasteiger partial charge in [0.1, 0.15) is 6.04 Å². The highest BCUT2D eigenvalue weighted by atomic mass is 35.5. The summed E-state index contributed by atoms with van der Waals surface area (Å²) in [5, 5.41) is 10.5. The third kappa shape index (κ3) is 4.50. The van der Waals surface area contributed by atoms with Gasteiger partial charge in [0, 0.05) is 16.3 Å². The van der Waals surface area contributed by atoms with Crippen molar-refractivity contribution < 1.29 is 10.0 Å². The fourth-order valence-corrected chi connectivity index (χ4v) is 2.80. The molecule has 2 rings (SSSR count). The number of urea groups is 1. The van der Waals surface area contributed by atoms with E-state index in [2.05, 4.69) is 11.8 Å². The van der Waals surface area contributed by atoms with Crippen LogP contribution in [-0.2, 0) is 6.42 Å². The zero-order valence-corrected chi connectivity index (χ0v) is 13.5. The van der Waals surface area contributed by atoms with E-state index in [0.717, 1.165) is 16.3 Å². The minimum absolute atomic E-state index is 0.412. The standard InChI is InChI=1S/C16H15ClN2O2S/c1-11(19(21)16(18)20)2-7-14-8-9-15(22-14)10-12-3-5-13(17)6-4-12/h3-6,8-9,11,21H,10H2,1H3,(H2,18,20). The molecular weight excluding hydrogens is 320 g/mol. The van der Waals surface area contributed by atoms with Crippen LogP contribution in [0.1, 0.15) is 22.2 Å². The van der Waals surface area contributed by atoms with Crippen LogP contribution in [0.5, 0.6) is 0 Å². The number of thiophene rings is 1. The van der Waals surface area contributed by atoms with Gasteiger partial charge in [0.05, 0.1) is 4.88 Å². The Hall–Kier alpha value is -2.00. The molecule has 1 unspecified atom stereocenters. The molecule has 0 aliphatic heterocycles. The van der Waals surface area contributed by atoms with Gasteiger partial charge in [0.15, 0.2) is 0 Å². The first-order valence-electron chi connectivity index (χ1n) is 6.58. The maximum absolute atomic E-state index is 10.8. The van der Waals surface area contributed by atoms with Gasteiger partial charge in [0.25, 0.3) is 0 Å². The lowest BCUT2D eigenvalue weighted by Crippen LogP contribution is -2.38. The first-order chi connectivity index (χ1) is 10.5. The molecule has 4 nitrogen and oxygen atoms in total. The van der Waals surface area contributed by atoms with Crippen LogP contribution < -0.4 is 5.73 Å². The van der Waals surface area contributed by atoms with Crippen LogP contribution in [0.3, 0.4) is 0 Å². The van der Waals surface area contributed by atoms with Crippen molar-refractivity contribution in [3.63, 3.8) is 0 Å². The number of carbonyl (C=O) groups is 1. The van der Waals surface area contributed by atoms with E-state index in [1.807, 2.05) is 36.4 Å². The maximum Gasteiger partial charge on any atom is 0.339 e. The van der Waals surface area contributed by atoms with Crippen molar-refractivity contribution >= 4 is 29.0 Å². The minimum Gasteiger partial charge on any atom is -0.350 e. The van der Waals surface area contributed by atoms with Crippen LogP contribution in [0.2, 0.25) is 5.02 Å². The number of rotatable bonds is 3. The van der Waals surface area contributed by atoms with Crippen LogP contribution >= 0.6 is 22.9 Å². The average molecular weight is 335 g/mol. The van der Waals surface area contributed by atoms with Crippen molar-refractivity contribution in [2.75, 3.05) is 0 Å². The third-order valence-corrected chi connectivity index (χ3v) is 4.20. The molecule has 0 bridgehead atoms. The largest absolute Gasteiger partial charge is 0.350 e. The van der Waals surface area contributed by atoms with Gasteiger partial charge in [-0.3, -0.25) is 5.21 Å². The van der Waals surface area contributed by atoms with Crippen LogP contribution in [0.15, 0.2) is 36.4 Å². The van der Waals surface area contributed by atoms with Gasteiger partial charge in [-0.25, -0.2) is 4.79 Å². The highest BCUT2D eigenvalue weighted by molar-refractivity contribution is 7.12. The molecule has 0 fully saturated rings. The summed E-state index contributed by atoms with van der Waals surface area (Å²) < 4.78 is 0. The van der Waals surface area contributed by atoms with E-state index in [-0.39, 0.29) is 0 Å². The quantitative estimate of drug-likeness (QED) is 0.512. The molecule has 2 aromatic rings. The van der Waals surface area contributed by atoms with Crippen LogP contribution in [0, 0.1) is 11.8 Å². The summed E-state index contributed by atoms with van der Waals surface area (Å²) in [7, 11) is 0. The number of amides is 2. The van der Waals surface area contributed by atoms with Crippen molar-refractivity contribution in [2.45, 2.75) is 19.4 Å². The Kier molecular flexibility index (Phi) is 5.45. The lowest BCUT2D eigenvalue weighted by molar-refractivity contribution is -0.0536. The number of hydrogen-bond donors (Lipinski definition) is 2. The van der Waals surface area contributed by atoms with Crippen LogP contribution in [0.4, 0.5) is 4.79 Å². The summed E-state index contributed by atoms with van der Waals surface area (Å²) in [5.41, 5.74) is 6.14. The fourth-order valence-electron chi connectivity index (χ4n) is 1.77. The molecule has 1 atom stereocenters. The summed E-state index contributed by atoms with van der Waals surface area (Å²) in [6, 6.07) is 10.1. The zero-order valence-electron chi connectivity index (χ0n) is 11.9. The Labute approximate surface area is 138 Å². The van der Waals surface area contributed by atoms with Gasteiger partial charge >= 0.3 is 6.03 Å². The molecule has 1 aromatic heterocycles. The smallest absolute Gasteiger partial charge is 0.339 e. The van der Waals surface area contributed by atoms with Crippen molar-refractivity contribution in [1.29, 1.82) is 0 Å². The number of halogens is 1. The molecule has 0 aliphatic carbocycles. The number of benzene rings is 1. The van der Waals surface area contributed by atoms with Crippen molar-refractivity contribution in [3.8, 4) is 11.8 Å². The van der Waals surface area contributed by atoms with Crippen LogP contribution in [0.25, 0.3) is 0 Å². The summed E-state index contributed by atoms with van der Waals surface area (Å²) in [5.74, 6) is 5.72. The number of nitrogens with two attached hydrogens (primary N) is 1. The number of hydroxylamine groups is 2. The van der Waals surface area contributed by atoms with Gasteiger partial charge < -0.3 is 5.73 Å². The second kappa shape index (κ2) is 7.32. The van der Waals surface area contributed by atoms with E-state index in [4.69, 9.17) is 17.3 Å². The summed E-state index contributed by atoms with van der Waals surface area (Å²) in [6.45, 7) is 1.60. The van der Waals surface area contributed by atoms with E-state index in [1.54, 1.807) is 18.3 Å². The molecule has 2 amide bonds. The van der Waals surface area contributed by atoms with Gasteiger partial charge in [-0.1, -0.05) is 35.6 Å². The Balaban J connectivity index is 2.03. The van der Waals surface area contributed by atoms with Crippen molar-refractivity contribution in [2.24, 2.45) is 5.73 Å². The SMILES string of the molecule is CC(C#Cc1ccc(Cc2ccc(Cl)cc2)s1)N(O)C(N)=O. The number of carbonyl (C=O) groups excluding carboxylic acids is 1. The van der Waals surface area contributed by atoms with E-state index in [9.17, 15) is 10.0 Å². The highest BCUT2D eigenvalue weighted by Gasteiger charge is 2.11. The number of hydrogen-bond acceptors (Lipinski definition) is 3. The second-order valence-electron chi connectivity index (χ2n) is 4.70. The predicted molar refractivity (Wildman–Crippen MR) is 88.1 cm³/mol. The molecule has 1 aromatic carbocycles. The normalized spacial score (nSPS) is 11.4. The van der Waals surface area contributed by atoms with Gasteiger partial charge in [-0.05, 0) is 36.8 Å². The Morgan fingerprint density at radius 2 is 2.05 bits per heavy atom. The molecule has 0 spiro atoms. The Bertz CT molecular complexity index is 716. The monoisotopic (exact) mass is 334 g/mol. The molecule has 0 radical (unpaired) electrons. The predicted octanol–water partition coefficient (Wildman–Crippen LogP) is 3.50. The lowest BCUT2D eigenvalue weighted by Gasteiger charge is -2.14. The van der Waals surface area contributed by atoms with E-state index < -0.39 is 12.1 Å². The van der Waals surface area contributed by atoms with E-state index >= 15 is 0 Å². The maximum atomic E-state index is 10.8. The Morgan fingerprint density at radius 3 is 2.68 bits per heavy atom. The molecule has 0 saturated carbocycles.